The van der Waals surface area contributed by atoms with Gasteiger partial charge in [0.25, 0.3) is 0 Å². The van der Waals surface area contributed by atoms with Crippen molar-refractivity contribution in [3.05, 3.63) is 71.2 Å². The third-order valence-electron chi connectivity index (χ3n) is 7.36. The zero-order valence-corrected chi connectivity index (χ0v) is 27.5. The van der Waals surface area contributed by atoms with Crippen molar-refractivity contribution in [3.8, 4) is 5.75 Å². The lowest BCUT2D eigenvalue weighted by atomic mass is 10.2. The number of rotatable bonds is 12. The topological polar surface area (TPSA) is 120 Å². The van der Waals surface area contributed by atoms with Gasteiger partial charge < -0.3 is 19.9 Å². The van der Waals surface area contributed by atoms with Crippen LogP contribution in [0.5, 0.6) is 5.75 Å². The number of aryl methyl sites for hydroxylation is 1. The van der Waals surface area contributed by atoms with Gasteiger partial charge in [0.2, 0.25) is 5.75 Å². The van der Waals surface area contributed by atoms with Crippen LogP contribution in [0.2, 0.25) is 0 Å². The van der Waals surface area contributed by atoms with Crippen molar-refractivity contribution >= 4 is 39.1 Å². The molecule has 0 unspecified atom stereocenters. The molecule has 11 nitrogen and oxygen atoms in total. The molecule has 1 saturated heterocycles. The number of piperazine rings is 1. The molecule has 3 heterocycles. The van der Waals surface area contributed by atoms with Crippen molar-refractivity contribution in [2.75, 3.05) is 70.7 Å². The average Bonchev–Trinajstić information content (AvgIpc) is 3.43. The Bertz CT molecular complexity index is 1800. The van der Waals surface area contributed by atoms with Crippen molar-refractivity contribution in [2.45, 2.75) is 27.6 Å². The quantitative estimate of drug-likeness (QED) is 0.207. The predicted octanol–water partition coefficient (Wildman–Crippen LogP) is 4.49. The molecule has 0 aliphatic carbocycles. The number of benzene rings is 2. The number of halogens is 3. The summed E-state index contributed by atoms with van der Waals surface area (Å²) < 4.78 is 74.9. The van der Waals surface area contributed by atoms with Crippen LogP contribution in [0.15, 0.2) is 57.4 Å². The number of nitrogens with zero attached hydrogens (tertiary/aromatic N) is 6. The second-order valence-electron chi connectivity index (χ2n) is 11.1. The fraction of sp³-hybridized carbons (Fsp3) is 0.367. The zero-order chi connectivity index (χ0) is 33.0. The first-order valence-corrected chi connectivity index (χ1v) is 16.9. The molecule has 0 radical (unpaired) electrons. The molecule has 1 aliphatic heterocycles. The van der Waals surface area contributed by atoms with E-state index in [4.69, 9.17) is 9.72 Å². The maximum Gasteiger partial charge on any atom is 0.204 e. The van der Waals surface area contributed by atoms with E-state index in [-0.39, 0.29) is 20.5 Å². The summed E-state index contributed by atoms with van der Waals surface area (Å²) in [5.74, 6) is -2.32. The smallest absolute Gasteiger partial charge is 0.204 e. The molecule has 246 valence electrons. The number of ether oxygens (including phenoxy) is 1. The van der Waals surface area contributed by atoms with Crippen molar-refractivity contribution in [1.29, 1.82) is 0 Å². The fourth-order valence-corrected chi connectivity index (χ4v) is 7.00. The number of aromatic nitrogens is 4. The van der Waals surface area contributed by atoms with Crippen LogP contribution in [0, 0.1) is 24.4 Å². The number of aromatic amines is 1. The molecule has 2 aromatic carbocycles. The van der Waals surface area contributed by atoms with Gasteiger partial charge in [-0.25, -0.2) is 31.6 Å². The van der Waals surface area contributed by atoms with Gasteiger partial charge in [-0.3, -0.25) is 10.00 Å². The average molecular weight is 677 g/mol. The van der Waals surface area contributed by atoms with E-state index in [1.165, 1.54) is 31.4 Å². The van der Waals surface area contributed by atoms with Crippen molar-refractivity contribution in [3.63, 3.8) is 0 Å². The molecule has 2 N–H and O–H groups in total. The lowest BCUT2D eigenvalue weighted by molar-refractivity contribution is 0.228. The van der Waals surface area contributed by atoms with Gasteiger partial charge in [0.1, 0.15) is 5.82 Å². The third kappa shape index (κ3) is 7.92. The van der Waals surface area contributed by atoms with Crippen molar-refractivity contribution < 1.29 is 26.3 Å². The molecular weight excluding hydrogens is 642 g/mol. The van der Waals surface area contributed by atoms with Gasteiger partial charge in [-0.2, -0.15) is 5.10 Å². The molecule has 4 aromatic rings. The van der Waals surface area contributed by atoms with E-state index >= 15 is 4.39 Å². The van der Waals surface area contributed by atoms with E-state index in [0.717, 1.165) is 55.8 Å². The summed E-state index contributed by atoms with van der Waals surface area (Å²) in [6.45, 7) is 6.73. The summed E-state index contributed by atoms with van der Waals surface area (Å²) in [6, 6.07) is 8.47. The molecular formula is C30H35F3N8O3S2. The number of hydrogen-bond acceptors (Lipinski definition) is 11. The van der Waals surface area contributed by atoms with Crippen LogP contribution in [0.1, 0.15) is 11.3 Å². The lowest BCUT2D eigenvalue weighted by Gasteiger charge is -2.36. The maximum atomic E-state index is 15.4. The van der Waals surface area contributed by atoms with Crippen LogP contribution in [-0.4, -0.2) is 98.9 Å². The molecule has 0 atom stereocenters. The van der Waals surface area contributed by atoms with Gasteiger partial charge in [0.05, 0.1) is 22.7 Å². The summed E-state index contributed by atoms with van der Waals surface area (Å²) in [5.41, 5.74) is 0.486. The van der Waals surface area contributed by atoms with E-state index in [1.54, 1.807) is 6.07 Å². The van der Waals surface area contributed by atoms with E-state index in [9.17, 15) is 17.2 Å². The highest BCUT2D eigenvalue weighted by Gasteiger charge is 2.26. The van der Waals surface area contributed by atoms with Crippen LogP contribution in [0.25, 0.3) is 0 Å². The Hall–Kier alpha value is -3.86. The number of anilines is 3. The minimum absolute atomic E-state index is 0.0714. The zero-order valence-electron chi connectivity index (χ0n) is 25.8. The molecule has 2 aromatic heterocycles. The second-order valence-corrected chi connectivity index (χ2v) is 14.1. The van der Waals surface area contributed by atoms with Gasteiger partial charge in [0, 0.05) is 56.6 Å². The highest BCUT2D eigenvalue weighted by atomic mass is 32.2. The first kappa shape index (κ1) is 33.5. The molecule has 0 amide bonds. The van der Waals surface area contributed by atoms with Crippen LogP contribution in [0.4, 0.5) is 30.6 Å². The largest absolute Gasteiger partial charge is 0.490 e. The number of H-pyrrole nitrogens is 1. The van der Waals surface area contributed by atoms with Gasteiger partial charge in [0.15, 0.2) is 44.1 Å². The second kappa shape index (κ2) is 14.3. The Morgan fingerprint density at radius 1 is 1.04 bits per heavy atom. The Kier molecular flexibility index (Phi) is 10.4. The van der Waals surface area contributed by atoms with E-state index in [0.29, 0.717) is 36.3 Å². The Balaban J connectivity index is 1.42. The molecule has 16 heteroatoms. The molecule has 0 bridgehead atoms. The first-order valence-electron chi connectivity index (χ1n) is 14.4. The molecule has 46 heavy (non-hydrogen) atoms. The molecule has 0 saturated carbocycles. The molecule has 5 rings (SSSR count). The Morgan fingerprint density at radius 3 is 2.46 bits per heavy atom. The van der Waals surface area contributed by atoms with E-state index in [1.807, 2.05) is 21.0 Å². The number of sulfone groups is 1. The standard InChI is InChI=1S/C30H35F3N8O3S2/c1-19-16-25(38-37-19)34-28-27(44-4)29(41-14-12-40(13-15-41)11-10-39(2)3)36-30(35-28)45-24-9-8-21(17-23(24)32)46(42,43)18-20-6-5-7-22(31)26(20)33/h5-9,16-17H,10-15,18H2,1-4H3,(H2,34,35,36,37,38). The van der Waals surface area contributed by atoms with Gasteiger partial charge >= 0.3 is 0 Å². The number of nitrogens with one attached hydrogen (secondary N) is 2. The van der Waals surface area contributed by atoms with Crippen molar-refractivity contribution in [1.82, 2.24) is 30.0 Å². The van der Waals surface area contributed by atoms with Crippen LogP contribution in [0.3, 0.4) is 0 Å². The summed E-state index contributed by atoms with van der Waals surface area (Å²) in [5, 5.41) is 10.5. The summed E-state index contributed by atoms with van der Waals surface area (Å²) in [6.07, 6.45) is 0. The minimum atomic E-state index is -4.18. The van der Waals surface area contributed by atoms with Crippen molar-refractivity contribution in [2.24, 2.45) is 0 Å². The normalized spacial score (nSPS) is 14.2. The van der Waals surface area contributed by atoms with Crippen LogP contribution in [-0.2, 0) is 15.6 Å². The van der Waals surface area contributed by atoms with Gasteiger partial charge in [-0.1, -0.05) is 12.1 Å². The van der Waals surface area contributed by atoms with Crippen LogP contribution < -0.4 is 15.0 Å². The number of methoxy groups -OCH3 is 1. The monoisotopic (exact) mass is 676 g/mol. The van der Waals surface area contributed by atoms with Gasteiger partial charge in [-0.05, 0) is 57.0 Å². The third-order valence-corrected chi connectivity index (χ3v) is 9.94. The number of hydrogen-bond donors (Lipinski definition) is 2. The Labute approximate surface area is 270 Å². The summed E-state index contributed by atoms with van der Waals surface area (Å²) in [4.78, 5) is 15.7. The minimum Gasteiger partial charge on any atom is -0.490 e. The first-order chi connectivity index (χ1) is 21.9. The summed E-state index contributed by atoms with van der Waals surface area (Å²) >= 11 is 0.913. The predicted molar refractivity (Wildman–Crippen MR) is 170 cm³/mol. The lowest BCUT2D eigenvalue weighted by Crippen LogP contribution is -2.48. The molecule has 0 spiro atoms. The molecule has 1 fully saturated rings. The van der Waals surface area contributed by atoms with E-state index < -0.39 is 33.0 Å². The van der Waals surface area contributed by atoms with Crippen LogP contribution >= 0.6 is 11.8 Å². The molecule has 1 aliphatic rings. The van der Waals surface area contributed by atoms with E-state index in [2.05, 4.69) is 35.2 Å². The maximum absolute atomic E-state index is 15.4. The highest BCUT2D eigenvalue weighted by molar-refractivity contribution is 7.99. The Morgan fingerprint density at radius 2 is 1.80 bits per heavy atom. The fourth-order valence-electron chi connectivity index (χ4n) is 4.88. The SMILES string of the molecule is COc1c(Nc2cc(C)[nH]n2)nc(Sc2ccc(S(=O)(=O)Cc3cccc(F)c3F)cc2F)nc1N1CCN(CCN(C)C)CC1. The number of likely N-dealkylation sites (N-methyl/N-ethyl adjacent to an activating group) is 1. The summed E-state index contributed by atoms with van der Waals surface area (Å²) in [7, 11) is 1.42. The highest BCUT2D eigenvalue weighted by Crippen LogP contribution is 2.39. The van der Waals surface area contributed by atoms with Gasteiger partial charge in [-0.15, -0.1) is 0 Å².